The molecule has 1 aromatic heterocycles. The molecule has 2 heterocycles. The van der Waals surface area contributed by atoms with Crippen LogP contribution >= 0.6 is 0 Å². The lowest BCUT2D eigenvalue weighted by Gasteiger charge is -2.24. The predicted molar refractivity (Wildman–Crippen MR) is 85.1 cm³/mol. The molecule has 11 nitrogen and oxygen atoms in total. The molecule has 0 bridgehead atoms. The molecule has 140 valence electrons. The van der Waals surface area contributed by atoms with E-state index in [4.69, 9.17) is 25.2 Å². The SMILES string of the molecule is CC(=O)OC[C@H]1N[C@@H](c2[nH]nc(C#N)c2N)[C@H](OC(C)=O)[C@@H]1OC(C)=O. The largest absolute Gasteiger partial charge is 0.464 e. The lowest BCUT2D eigenvalue weighted by atomic mass is 10.0. The van der Waals surface area contributed by atoms with Crippen LogP contribution in [-0.4, -0.2) is 53.0 Å². The molecule has 0 aromatic carbocycles. The van der Waals surface area contributed by atoms with Crippen molar-refractivity contribution in [1.29, 1.82) is 5.26 Å². The lowest BCUT2D eigenvalue weighted by molar-refractivity contribution is -0.165. The number of anilines is 1. The molecule has 0 saturated carbocycles. The molecule has 26 heavy (non-hydrogen) atoms. The number of nitrogen functional groups attached to an aromatic ring is 1. The summed E-state index contributed by atoms with van der Waals surface area (Å²) in [5.41, 5.74) is 6.28. The van der Waals surface area contributed by atoms with Crippen LogP contribution in [0.1, 0.15) is 38.2 Å². The standard InChI is InChI=1S/C15H19N5O6/c1-6(21)24-5-10-14(25-7(2)22)15(26-8(3)23)13(18-10)12-11(17)9(4-16)19-20-12/h10,13-15,18H,5,17H2,1-3H3,(H,19,20)/t10-,13+,14-,15+/m1/s1. The zero-order valence-electron chi connectivity index (χ0n) is 14.4. The maximum absolute atomic E-state index is 11.5. The third-order valence-corrected chi connectivity index (χ3v) is 3.76. The van der Waals surface area contributed by atoms with Gasteiger partial charge in [-0.1, -0.05) is 0 Å². The predicted octanol–water partition coefficient (Wildman–Crippen LogP) is -0.697. The molecule has 0 unspecified atom stereocenters. The normalized spacial score (nSPS) is 24.5. The number of aromatic amines is 1. The Morgan fingerprint density at radius 3 is 2.27 bits per heavy atom. The maximum Gasteiger partial charge on any atom is 0.303 e. The Morgan fingerprint density at radius 2 is 1.77 bits per heavy atom. The smallest absolute Gasteiger partial charge is 0.303 e. The summed E-state index contributed by atoms with van der Waals surface area (Å²) in [4.78, 5) is 34.2. The fourth-order valence-electron chi connectivity index (χ4n) is 2.79. The molecule has 2 rings (SSSR count). The molecule has 0 radical (unpaired) electrons. The van der Waals surface area contributed by atoms with Gasteiger partial charge in [0, 0.05) is 20.8 Å². The van der Waals surface area contributed by atoms with Crippen molar-refractivity contribution >= 4 is 23.6 Å². The molecule has 1 aliphatic rings. The number of aromatic nitrogens is 2. The van der Waals surface area contributed by atoms with Crippen molar-refractivity contribution in [1.82, 2.24) is 15.5 Å². The molecule has 0 aliphatic carbocycles. The molecular weight excluding hydrogens is 346 g/mol. The average Bonchev–Trinajstić information content (AvgIpc) is 3.06. The van der Waals surface area contributed by atoms with Gasteiger partial charge in [0.05, 0.1) is 23.5 Å². The summed E-state index contributed by atoms with van der Waals surface area (Å²) >= 11 is 0. The second kappa shape index (κ2) is 7.83. The van der Waals surface area contributed by atoms with Crippen molar-refractivity contribution in [2.75, 3.05) is 12.3 Å². The fraction of sp³-hybridized carbons (Fsp3) is 0.533. The van der Waals surface area contributed by atoms with Gasteiger partial charge >= 0.3 is 17.9 Å². The van der Waals surface area contributed by atoms with Gasteiger partial charge in [0.2, 0.25) is 0 Å². The van der Waals surface area contributed by atoms with Crippen LogP contribution in [0.25, 0.3) is 0 Å². The van der Waals surface area contributed by atoms with Gasteiger partial charge in [0.15, 0.2) is 17.9 Å². The second-order valence-corrected chi connectivity index (χ2v) is 5.71. The number of nitrogens with one attached hydrogen (secondary N) is 2. The van der Waals surface area contributed by atoms with E-state index in [1.165, 1.54) is 20.8 Å². The summed E-state index contributed by atoms with van der Waals surface area (Å²) in [6.45, 7) is 3.53. The van der Waals surface area contributed by atoms with E-state index in [9.17, 15) is 14.4 Å². The molecule has 1 aromatic rings. The van der Waals surface area contributed by atoms with Crippen LogP contribution in [0.3, 0.4) is 0 Å². The molecule has 4 atom stereocenters. The monoisotopic (exact) mass is 365 g/mol. The van der Waals surface area contributed by atoms with Gasteiger partial charge in [0.1, 0.15) is 12.7 Å². The molecule has 1 saturated heterocycles. The first-order valence-electron chi connectivity index (χ1n) is 7.72. The Balaban J connectivity index is 2.39. The number of nitrogens with zero attached hydrogens (tertiary/aromatic N) is 2. The number of rotatable bonds is 5. The van der Waals surface area contributed by atoms with Crippen LogP contribution in [0.5, 0.6) is 0 Å². The van der Waals surface area contributed by atoms with E-state index in [1.54, 1.807) is 0 Å². The zero-order valence-corrected chi connectivity index (χ0v) is 14.4. The Morgan fingerprint density at radius 1 is 1.15 bits per heavy atom. The highest BCUT2D eigenvalue weighted by Crippen LogP contribution is 2.34. The summed E-state index contributed by atoms with van der Waals surface area (Å²) in [7, 11) is 0. The van der Waals surface area contributed by atoms with Gasteiger partial charge < -0.3 is 19.9 Å². The highest BCUT2D eigenvalue weighted by Gasteiger charge is 2.50. The Hall–Kier alpha value is -3.13. The van der Waals surface area contributed by atoms with E-state index in [1.807, 2.05) is 6.07 Å². The van der Waals surface area contributed by atoms with Gasteiger partial charge in [-0.15, -0.1) is 0 Å². The van der Waals surface area contributed by atoms with Crippen molar-refractivity contribution in [3.63, 3.8) is 0 Å². The number of carbonyl (C=O) groups is 3. The van der Waals surface area contributed by atoms with Gasteiger partial charge in [0.25, 0.3) is 0 Å². The second-order valence-electron chi connectivity index (χ2n) is 5.71. The molecule has 0 spiro atoms. The number of hydrogen-bond acceptors (Lipinski definition) is 10. The van der Waals surface area contributed by atoms with Crippen molar-refractivity contribution in [3.05, 3.63) is 11.4 Å². The van der Waals surface area contributed by atoms with E-state index < -0.39 is 42.2 Å². The van der Waals surface area contributed by atoms with Crippen molar-refractivity contribution in [2.45, 2.75) is 45.1 Å². The summed E-state index contributed by atoms with van der Waals surface area (Å²) in [5.74, 6) is -1.72. The highest BCUT2D eigenvalue weighted by atomic mass is 16.6. The van der Waals surface area contributed by atoms with E-state index in [2.05, 4.69) is 15.5 Å². The molecule has 0 amide bonds. The average molecular weight is 365 g/mol. The zero-order chi connectivity index (χ0) is 19.4. The van der Waals surface area contributed by atoms with Crippen LogP contribution in [0, 0.1) is 11.3 Å². The van der Waals surface area contributed by atoms with Crippen molar-refractivity contribution in [3.8, 4) is 6.07 Å². The summed E-state index contributed by atoms with van der Waals surface area (Å²) in [6, 6.07) is 0.419. The van der Waals surface area contributed by atoms with E-state index in [-0.39, 0.29) is 18.0 Å². The summed E-state index contributed by atoms with van der Waals surface area (Å²) < 4.78 is 15.6. The topological polar surface area (TPSA) is 169 Å². The van der Waals surface area contributed by atoms with E-state index >= 15 is 0 Å². The van der Waals surface area contributed by atoms with Crippen molar-refractivity contribution < 1.29 is 28.6 Å². The van der Waals surface area contributed by atoms with Crippen LogP contribution < -0.4 is 11.1 Å². The number of nitriles is 1. The fourth-order valence-corrected chi connectivity index (χ4v) is 2.79. The maximum atomic E-state index is 11.5. The van der Waals surface area contributed by atoms with Gasteiger partial charge in [-0.2, -0.15) is 10.4 Å². The lowest BCUT2D eigenvalue weighted by Crippen LogP contribution is -2.41. The van der Waals surface area contributed by atoms with Crippen LogP contribution in [0.2, 0.25) is 0 Å². The first-order valence-corrected chi connectivity index (χ1v) is 7.72. The Kier molecular flexibility index (Phi) is 5.78. The number of carbonyl (C=O) groups excluding carboxylic acids is 3. The van der Waals surface area contributed by atoms with Crippen LogP contribution in [0.15, 0.2) is 0 Å². The minimum absolute atomic E-state index is 0.0177. The molecule has 4 N–H and O–H groups in total. The molecule has 1 aliphatic heterocycles. The van der Waals surface area contributed by atoms with E-state index in [0.29, 0.717) is 5.69 Å². The number of H-pyrrole nitrogens is 1. The summed E-state index contributed by atoms with van der Waals surface area (Å²) in [6.07, 6.45) is -1.90. The minimum Gasteiger partial charge on any atom is -0.464 e. The minimum atomic E-state index is -0.966. The van der Waals surface area contributed by atoms with Gasteiger partial charge in [-0.3, -0.25) is 24.8 Å². The van der Waals surface area contributed by atoms with Gasteiger partial charge in [-0.25, -0.2) is 0 Å². The quantitative estimate of drug-likeness (QED) is 0.448. The Bertz CT molecular complexity index is 754. The molecule has 11 heteroatoms. The van der Waals surface area contributed by atoms with Gasteiger partial charge in [-0.05, 0) is 0 Å². The molecular formula is C15H19N5O6. The number of hydrogen-bond donors (Lipinski definition) is 3. The summed E-state index contributed by atoms with van der Waals surface area (Å²) in [5, 5.41) is 18.5. The Labute approximate surface area is 148 Å². The number of nitrogens with two attached hydrogens (primary N) is 1. The van der Waals surface area contributed by atoms with E-state index in [0.717, 1.165) is 0 Å². The van der Waals surface area contributed by atoms with Crippen LogP contribution in [0.4, 0.5) is 5.69 Å². The number of esters is 3. The third-order valence-electron chi connectivity index (χ3n) is 3.76. The van der Waals surface area contributed by atoms with Crippen LogP contribution in [-0.2, 0) is 28.6 Å². The molecule has 1 fully saturated rings. The highest BCUT2D eigenvalue weighted by molar-refractivity contribution is 5.68. The first-order chi connectivity index (χ1) is 12.2. The number of ether oxygens (including phenoxy) is 3. The first kappa shape index (κ1) is 19.2. The van der Waals surface area contributed by atoms with Crippen molar-refractivity contribution in [2.24, 2.45) is 0 Å². The third kappa shape index (κ3) is 4.09.